The van der Waals surface area contributed by atoms with Crippen LogP contribution < -0.4 is 10.6 Å². The monoisotopic (exact) mass is 348 g/mol. The van der Waals surface area contributed by atoms with Gasteiger partial charge in [0, 0.05) is 18.7 Å². The summed E-state index contributed by atoms with van der Waals surface area (Å²) in [5.74, 6) is -1.56. The largest absolute Gasteiger partial charge is 0.480 e. The summed E-state index contributed by atoms with van der Waals surface area (Å²) >= 11 is 11.8. The summed E-state index contributed by atoms with van der Waals surface area (Å²) in [6.45, 7) is 0.958. The predicted octanol–water partition coefficient (Wildman–Crippen LogP) is 2.40. The first-order chi connectivity index (χ1) is 10.4. The second-order valence-corrected chi connectivity index (χ2v) is 5.41. The number of carbonyl (C=O) groups is 2. The van der Waals surface area contributed by atoms with Crippen LogP contribution in [-0.2, 0) is 14.3 Å². The minimum atomic E-state index is -1.09. The standard InChI is InChI=1S/C14H18Cl2N2O4/c1-22-6-2-5-17-12(14(20)21)8-13(19)18-11-7-9(15)3-4-10(11)16/h3-4,7,12,17H,2,5-6,8H2,1H3,(H,18,19)(H,20,21). The fraction of sp³-hybridized carbons (Fsp3) is 0.429. The summed E-state index contributed by atoms with van der Waals surface area (Å²) in [5, 5.41) is 15.2. The number of carboxylic acid groups (broad SMARTS) is 1. The molecule has 0 aromatic heterocycles. The molecule has 122 valence electrons. The fourth-order valence-corrected chi connectivity index (χ4v) is 2.06. The predicted molar refractivity (Wildman–Crippen MR) is 85.6 cm³/mol. The van der Waals surface area contributed by atoms with E-state index in [2.05, 4.69) is 10.6 Å². The van der Waals surface area contributed by atoms with Crippen LogP contribution in [0.3, 0.4) is 0 Å². The van der Waals surface area contributed by atoms with Gasteiger partial charge in [0.1, 0.15) is 6.04 Å². The summed E-state index contributed by atoms with van der Waals surface area (Å²) in [6, 6.07) is 3.67. The molecule has 0 saturated carbocycles. The zero-order chi connectivity index (χ0) is 16.5. The van der Waals surface area contributed by atoms with Crippen molar-refractivity contribution in [1.82, 2.24) is 5.32 Å². The van der Waals surface area contributed by atoms with Gasteiger partial charge >= 0.3 is 5.97 Å². The zero-order valence-corrected chi connectivity index (χ0v) is 13.6. The molecule has 0 aliphatic rings. The third-order valence-corrected chi connectivity index (χ3v) is 3.37. The number of methoxy groups -OCH3 is 1. The van der Waals surface area contributed by atoms with Gasteiger partial charge in [0.05, 0.1) is 17.1 Å². The average Bonchev–Trinajstić information content (AvgIpc) is 2.46. The molecule has 1 rings (SSSR count). The van der Waals surface area contributed by atoms with E-state index >= 15 is 0 Å². The summed E-state index contributed by atoms with van der Waals surface area (Å²) in [7, 11) is 1.57. The van der Waals surface area contributed by atoms with E-state index in [9.17, 15) is 9.59 Å². The second kappa shape index (κ2) is 9.63. The quantitative estimate of drug-likeness (QED) is 0.596. The van der Waals surface area contributed by atoms with Crippen molar-refractivity contribution in [1.29, 1.82) is 0 Å². The summed E-state index contributed by atoms with van der Waals surface area (Å²) in [6.07, 6.45) is 0.438. The minimum absolute atomic E-state index is 0.217. The smallest absolute Gasteiger partial charge is 0.321 e. The van der Waals surface area contributed by atoms with E-state index in [4.69, 9.17) is 33.0 Å². The van der Waals surface area contributed by atoms with Gasteiger partial charge in [-0.1, -0.05) is 23.2 Å². The van der Waals surface area contributed by atoms with Crippen LogP contribution in [0.2, 0.25) is 10.0 Å². The first-order valence-corrected chi connectivity index (χ1v) is 7.39. The van der Waals surface area contributed by atoms with Crippen LogP contribution in [0, 0.1) is 0 Å². The Bertz CT molecular complexity index is 526. The zero-order valence-electron chi connectivity index (χ0n) is 12.1. The molecule has 8 heteroatoms. The van der Waals surface area contributed by atoms with Crippen molar-refractivity contribution >= 4 is 40.8 Å². The molecular formula is C14H18Cl2N2O4. The molecule has 3 N–H and O–H groups in total. The number of anilines is 1. The van der Waals surface area contributed by atoms with Crippen molar-refractivity contribution in [3.8, 4) is 0 Å². The molecule has 0 aliphatic carbocycles. The van der Waals surface area contributed by atoms with Gasteiger partial charge in [-0.2, -0.15) is 0 Å². The van der Waals surface area contributed by atoms with Crippen LogP contribution in [0.5, 0.6) is 0 Å². The Hall–Kier alpha value is -1.34. The maximum Gasteiger partial charge on any atom is 0.321 e. The molecule has 22 heavy (non-hydrogen) atoms. The Labute approximate surface area is 138 Å². The highest BCUT2D eigenvalue weighted by Crippen LogP contribution is 2.25. The molecule has 0 aliphatic heterocycles. The number of benzene rings is 1. The molecule has 0 fully saturated rings. The van der Waals surface area contributed by atoms with Gasteiger partial charge in [0.25, 0.3) is 0 Å². The maximum atomic E-state index is 11.9. The number of hydrogen-bond acceptors (Lipinski definition) is 4. The average molecular weight is 349 g/mol. The summed E-state index contributed by atoms with van der Waals surface area (Å²) < 4.78 is 4.87. The van der Waals surface area contributed by atoms with E-state index < -0.39 is 17.9 Å². The molecule has 1 aromatic rings. The molecule has 0 heterocycles. The molecular weight excluding hydrogens is 331 g/mol. The lowest BCUT2D eigenvalue weighted by Crippen LogP contribution is -2.40. The van der Waals surface area contributed by atoms with Gasteiger partial charge in [-0.05, 0) is 31.2 Å². The molecule has 0 radical (unpaired) electrons. The summed E-state index contributed by atoms with van der Waals surface area (Å²) in [5.41, 5.74) is 0.350. The lowest BCUT2D eigenvalue weighted by Gasteiger charge is -2.14. The van der Waals surface area contributed by atoms with Gasteiger partial charge in [0.2, 0.25) is 5.91 Å². The second-order valence-electron chi connectivity index (χ2n) is 4.57. The number of carboxylic acids is 1. The van der Waals surface area contributed by atoms with Gasteiger partial charge in [-0.15, -0.1) is 0 Å². The van der Waals surface area contributed by atoms with Crippen molar-refractivity contribution in [3.63, 3.8) is 0 Å². The highest BCUT2D eigenvalue weighted by Gasteiger charge is 2.21. The van der Waals surface area contributed by atoms with Crippen LogP contribution >= 0.6 is 23.2 Å². The van der Waals surface area contributed by atoms with E-state index in [1.54, 1.807) is 19.2 Å². The lowest BCUT2D eigenvalue weighted by atomic mass is 10.2. The minimum Gasteiger partial charge on any atom is -0.480 e. The van der Waals surface area contributed by atoms with Crippen molar-refractivity contribution in [3.05, 3.63) is 28.2 Å². The Morgan fingerprint density at radius 1 is 1.36 bits per heavy atom. The highest BCUT2D eigenvalue weighted by atomic mass is 35.5. The maximum absolute atomic E-state index is 11.9. The molecule has 1 amide bonds. The van der Waals surface area contributed by atoms with Crippen LogP contribution in [-0.4, -0.2) is 43.3 Å². The number of rotatable bonds is 9. The summed E-state index contributed by atoms with van der Waals surface area (Å²) in [4.78, 5) is 23.1. The molecule has 1 unspecified atom stereocenters. The fourth-order valence-electron chi connectivity index (χ4n) is 1.72. The molecule has 1 atom stereocenters. The van der Waals surface area contributed by atoms with E-state index in [1.807, 2.05) is 0 Å². The number of aliphatic carboxylic acids is 1. The van der Waals surface area contributed by atoms with E-state index in [1.165, 1.54) is 6.07 Å². The molecule has 1 aromatic carbocycles. The Morgan fingerprint density at radius 2 is 2.09 bits per heavy atom. The number of halogens is 2. The van der Waals surface area contributed by atoms with Gasteiger partial charge < -0.3 is 20.5 Å². The first-order valence-electron chi connectivity index (χ1n) is 6.64. The third-order valence-electron chi connectivity index (χ3n) is 2.81. The SMILES string of the molecule is COCCCNC(CC(=O)Nc1cc(Cl)ccc1Cl)C(=O)O. The molecule has 0 bridgehead atoms. The Kier molecular flexibility index (Phi) is 8.19. The highest BCUT2D eigenvalue weighted by molar-refractivity contribution is 6.35. The van der Waals surface area contributed by atoms with Crippen molar-refractivity contribution in [2.24, 2.45) is 0 Å². The molecule has 0 spiro atoms. The number of hydrogen-bond donors (Lipinski definition) is 3. The third kappa shape index (κ3) is 6.62. The Morgan fingerprint density at radius 3 is 2.73 bits per heavy atom. The van der Waals surface area contributed by atoms with Crippen LogP contribution in [0.1, 0.15) is 12.8 Å². The van der Waals surface area contributed by atoms with Crippen molar-refractivity contribution in [2.45, 2.75) is 18.9 Å². The lowest BCUT2D eigenvalue weighted by molar-refractivity contribution is -0.141. The van der Waals surface area contributed by atoms with E-state index in [0.29, 0.717) is 35.3 Å². The van der Waals surface area contributed by atoms with Crippen LogP contribution in [0.15, 0.2) is 18.2 Å². The van der Waals surface area contributed by atoms with Crippen LogP contribution in [0.4, 0.5) is 5.69 Å². The number of ether oxygens (including phenoxy) is 1. The first kappa shape index (κ1) is 18.7. The number of amides is 1. The van der Waals surface area contributed by atoms with Gasteiger partial charge in [0.15, 0.2) is 0 Å². The van der Waals surface area contributed by atoms with Crippen molar-refractivity contribution in [2.75, 3.05) is 25.6 Å². The number of nitrogens with one attached hydrogen (secondary N) is 2. The Balaban J connectivity index is 2.56. The normalized spacial score (nSPS) is 12.0. The van der Waals surface area contributed by atoms with Crippen LogP contribution in [0.25, 0.3) is 0 Å². The topological polar surface area (TPSA) is 87.7 Å². The number of carbonyl (C=O) groups excluding carboxylic acids is 1. The van der Waals surface area contributed by atoms with E-state index in [0.717, 1.165) is 0 Å². The van der Waals surface area contributed by atoms with Gasteiger partial charge in [-0.3, -0.25) is 9.59 Å². The van der Waals surface area contributed by atoms with Crippen molar-refractivity contribution < 1.29 is 19.4 Å². The van der Waals surface area contributed by atoms with E-state index in [-0.39, 0.29) is 6.42 Å². The van der Waals surface area contributed by atoms with Gasteiger partial charge in [-0.25, -0.2) is 0 Å². The molecule has 0 saturated heterocycles. The molecule has 6 nitrogen and oxygen atoms in total.